The molecule has 11 heteroatoms. The lowest BCUT2D eigenvalue weighted by Crippen LogP contribution is -2.46. The van der Waals surface area contributed by atoms with Crippen LogP contribution in [0.4, 0.5) is 24.7 Å². The molecule has 0 spiro atoms. The minimum Gasteiger partial charge on any atom is -0.479 e. The number of amides is 2. The van der Waals surface area contributed by atoms with Crippen molar-refractivity contribution in [3.63, 3.8) is 0 Å². The Morgan fingerprint density at radius 3 is 2.74 bits per heavy atom. The van der Waals surface area contributed by atoms with E-state index in [0.717, 1.165) is 6.07 Å². The van der Waals surface area contributed by atoms with Crippen molar-refractivity contribution in [2.45, 2.75) is 25.6 Å². The Hall–Kier alpha value is -3.01. The van der Waals surface area contributed by atoms with Crippen LogP contribution < -0.4 is 20.3 Å². The first-order chi connectivity index (χ1) is 14.7. The molecule has 0 saturated heterocycles. The third kappa shape index (κ3) is 5.57. The molecule has 0 bridgehead atoms. The van der Waals surface area contributed by atoms with Crippen LogP contribution >= 0.6 is 11.6 Å². The van der Waals surface area contributed by atoms with Crippen LogP contribution in [0.5, 0.6) is 5.75 Å². The molecule has 0 unspecified atom stereocenters. The van der Waals surface area contributed by atoms with E-state index >= 15 is 0 Å². The van der Waals surface area contributed by atoms with Crippen molar-refractivity contribution < 1.29 is 27.5 Å². The van der Waals surface area contributed by atoms with E-state index in [1.165, 1.54) is 4.90 Å². The van der Waals surface area contributed by atoms with Gasteiger partial charge < -0.3 is 20.3 Å². The standard InChI is InChI=1S/C20H20ClF3N4O3/c1-12-19(30)28(15-4-2-3-5-16(15)31-12)9-6-17(29)25-7-8-26-18-14(21)10-13(11-27-18)20(22,23)24/h2-5,10-12H,6-9H2,1H3,(H,25,29)(H,26,27)/t12-/m1/s1. The van der Waals surface area contributed by atoms with Gasteiger partial charge in [-0.1, -0.05) is 23.7 Å². The summed E-state index contributed by atoms with van der Waals surface area (Å²) < 4.78 is 43.5. The Balaban J connectivity index is 1.46. The number of benzene rings is 1. The molecule has 0 radical (unpaired) electrons. The maximum Gasteiger partial charge on any atom is 0.417 e. The number of aromatic nitrogens is 1. The van der Waals surface area contributed by atoms with Crippen LogP contribution in [0.15, 0.2) is 36.5 Å². The number of nitrogens with zero attached hydrogens (tertiary/aromatic N) is 2. The van der Waals surface area contributed by atoms with Gasteiger partial charge in [0.1, 0.15) is 11.6 Å². The first-order valence-electron chi connectivity index (χ1n) is 9.47. The molecule has 1 atom stereocenters. The van der Waals surface area contributed by atoms with Crippen LogP contribution in [-0.2, 0) is 15.8 Å². The van der Waals surface area contributed by atoms with Crippen LogP contribution in [0.25, 0.3) is 0 Å². The van der Waals surface area contributed by atoms with Crippen LogP contribution in [0.3, 0.4) is 0 Å². The van der Waals surface area contributed by atoms with Crippen molar-refractivity contribution in [2.24, 2.45) is 0 Å². The summed E-state index contributed by atoms with van der Waals surface area (Å²) in [4.78, 5) is 29.7. The largest absolute Gasteiger partial charge is 0.479 e. The molecule has 3 rings (SSSR count). The number of pyridine rings is 1. The van der Waals surface area contributed by atoms with Crippen LogP contribution in [0, 0.1) is 0 Å². The average molecular weight is 457 g/mol. The lowest BCUT2D eigenvalue weighted by molar-refractivity contribution is -0.137. The summed E-state index contributed by atoms with van der Waals surface area (Å²) in [6.45, 7) is 2.24. The number of hydrogen-bond acceptors (Lipinski definition) is 5. The molecule has 1 aliphatic heterocycles. The summed E-state index contributed by atoms with van der Waals surface area (Å²) in [5.74, 6) is 0.169. The van der Waals surface area contributed by atoms with Crippen LogP contribution in [0.1, 0.15) is 18.9 Å². The van der Waals surface area contributed by atoms with E-state index in [2.05, 4.69) is 15.6 Å². The van der Waals surface area contributed by atoms with E-state index in [1.807, 2.05) is 0 Å². The fourth-order valence-corrected chi connectivity index (χ4v) is 3.23. The van der Waals surface area contributed by atoms with Crippen molar-refractivity contribution in [1.29, 1.82) is 0 Å². The van der Waals surface area contributed by atoms with Gasteiger partial charge in [0, 0.05) is 32.3 Å². The van der Waals surface area contributed by atoms with Crippen LogP contribution in [0.2, 0.25) is 5.02 Å². The molecular weight excluding hydrogens is 437 g/mol. The molecule has 2 N–H and O–H groups in total. The van der Waals surface area contributed by atoms with Gasteiger partial charge in [-0.15, -0.1) is 0 Å². The zero-order valence-electron chi connectivity index (χ0n) is 16.5. The van der Waals surface area contributed by atoms with Crippen molar-refractivity contribution in [3.8, 4) is 5.75 Å². The van der Waals surface area contributed by atoms with E-state index in [0.29, 0.717) is 17.6 Å². The molecule has 1 aromatic heterocycles. The van der Waals surface area contributed by atoms with Crippen molar-refractivity contribution in [3.05, 3.63) is 47.1 Å². The number of carbonyl (C=O) groups excluding carboxylic acids is 2. The first-order valence-corrected chi connectivity index (χ1v) is 9.85. The van der Waals surface area contributed by atoms with Gasteiger partial charge in [-0.2, -0.15) is 13.2 Å². The molecule has 166 valence electrons. The Kier molecular flexibility index (Phi) is 6.89. The van der Waals surface area contributed by atoms with E-state index in [4.69, 9.17) is 16.3 Å². The summed E-state index contributed by atoms with van der Waals surface area (Å²) in [5, 5.41) is 5.28. The molecule has 2 heterocycles. The third-order valence-corrected chi connectivity index (χ3v) is 4.83. The van der Waals surface area contributed by atoms with Gasteiger partial charge in [0.2, 0.25) is 5.91 Å². The van der Waals surface area contributed by atoms with Crippen LogP contribution in [-0.4, -0.2) is 42.5 Å². The van der Waals surface area contributed by atoms with Crippen molar-refractivity contribution in [1.82, 2.24) is 10.3 Å². The smallest absolute Gasteiger partial charge is 0.417 e. The second-order valence-electron chi connectivity index (χ2n) is 6.80. The number of hydrogen-bond donors (Lipinski definition) is 2. The highest BCUT2D eigenvalue weighted by Gasteiger charge is 2.32. The second-order valence-corrected chi connectivity index (χ2v) is 7.20. The third-order valence-electron chi connectivity index (χ3n) is 4.54. The highest BCUT2D eigenvalue weighted by molar-refractivity contribution is 6.32. The summed E-state index contributed by atoms with van der Waals surface area (Å²) >= 11 is 5.82. The highest BCUT2D eigenvalue weighted by Crippen LogP contribution is 2.34. The lowest BCUT2D eigenvalue weighted by Gasteiger charge is -2.32. The number of anilines is 2. The van der Waals surface area contributed by atoms with Gasteiger partial charge in [-0.25, -0.2) is 4.98 Å². The zero-order chi connectivity index (χ0) is 22.6. The SMILES string of the molecule is C[C@H]1Oc2ccccc2N(CCC(=O)NCCNc2ncc(C(F)(F)F)cc2Cl)C1=O. The number of rotatable bonds is 7. The maximum absolute atomic E-state index is 12.6. The topological polar surface area (TPSA) is 83.6 Å². The summed E-state index contributed by atoms with van der Waals surface area (Å²) in [6.07, 6.45) is -4.40. The molecule has 0 fully saturated rings. The molecule has 0 aliphatic carbocycles. The molecule has 7 nitrogen and oxygen atoms in total. The Bertz CT molecular complexity index is 971. The predicted octanol–water partition coefficient (Wildman–Crippen LogP) is 3.49. The van der Waals surface area contributed by atoms with Crippen molar-refractivity contribution >= 4 is 34.9 Å². The molecule has 31 heavy (non-hydrogen) atoms. The van der Waals surface area contributed by atoms with Gasteiger partial charge in [-0.3, -0.25) is 9.59 Å². The van der Waals surface area contributed by atoms with E-state index in [-0.39, 0.29) is 48.7 Å². The normalized spacial score (nSPS) is 15.8. The summed E-state index contributed by atoms with van der Waals surface area (Å²) in [5.41, 5.74) is -0.326. The Morgan fingerprint density at radius 2 is 2.03 bits per heavy atom. The summed E-state index contributed by atoms with van der Waals surface area (Å²) in [7, 11) is 0. The fraction of sp³-hybridized carbons (Fsp3) is 0.350. The first kappa shape index (κ1) is 22.7. The van der Waals surface area contributed by atoms with Gasteiger partial charge in [0.05, 0.1) is 16.3 Å². The minimum atomic E-state index is -4.52. The van der Waals surface area contributed by atoms with Crippen molar-refractivity contribution in [2.75, 3.05) is 29.9 Å². The number of alkyl halides is 3. The lowest BCUT2D eigenvalue weighted by atomic mass is 10.1. The van der Waals surface area contributed by atoms with Gasteiger partial charge >= 0.3 is 6.18 Å². The Labute approximate surface area is 181 Å². The van der Waals surface area contributed by atoms with Gasteiger partial charge in [0.15, 0.2) is 6.10 Å². The average Bonchev–Trinajstić information content (AvgIpc) is 2.71. The molecule has 2 aromatic rings. The van der Waals surface area contributed by atoms with Gasteiger partial charge in [-0.05, 0) is 25.1 Å². The van der Waals surface area contributed by atoms with E-state index in [9.17, 15) is 22.8 Å². The number of nitrogens with one attached hydrogen (secondary N) is 2. The molecule has 1 aliphatic rings. The quantitative estimate of drug-likeness (QED) is 0.623. The Morgan fingerprint density at radius 1 is 1.29 bits per heavy atom. The number of fused-ring (bicyclic) bond motifs is 1. The summed E-state index contributed by atoms with van der Waals surface area (Å²) in [6, 6.07) is 7.88. The molecular formula is C20H20ClF3N4O3. The molecule has 0 saturated carbocycles. The predicted molar refractivity (Wildman–Crippen MR) is 109 cm³/mol. The van der Waals surface area contributed by atoms with Gasteiger partial charge in [0.25, 0.3) is 5.91 Å². The molecule has 1 aromatic carbocycles. The second kappa shape index (κ2) is 9.42. The highest BCUT2D eigenvalue weighted by atomic mass is 35.5. The maximum atomic E-state index is 12.6. The number of para-hydroxylation sites is 2. The van der Waals surface area contributed by atoms with E-state index in [1.54, 1.807) is 31.2 Å². The molecule has 2 amide bonds. The number of ether oxygens (including phenoxy) is 1. The monoisotopic (exact) mass is 456 g/mol. The zero-order valence-corrected chi connectivity index (χ0v) is 17.3. The number of halogens is 4. The fourth-order valence-electron chi connectivity index (χ4n) is 3.00. The van der Waals surface area contributed by atoms with E-state index < -0.39 is 17.8 Å². The minimum absolute atomic E-state index is 0.0755. The number of carbonyl (C=O) groups is 2.